The second-order valence-corrected chi connectivity index (χ2v) is 6.03. The van der Waals surface area contributed by atoms with Crippen LogP contribution in [0.3, 0.4) is 0 Å². The standard InChI is InChI=1S/C23H18N2O2.4Pr/c1-27-21-14-12-18(13-15-21)22(26)23-24(19-8-4-2-5-9-19)16-17-25(23)20-10-6-3-7-11-20;;;;/h2-7,12-15,26H,16-17H2,1H3;;;;/q-4;;;;. The van der Waals surface area contributed by atoms with Crippen molar-refractivity contribution < 1.29 is 175 Å². The molecule has 0 aromatic heterocycles. The first-order chi connectivity index (χ1) is 13.3. The second-order valence-electron chi connectivity index (χ2n) is 6.03. The number of anilines is 2. The summed E-state index contributed by atoms with van der Waals surface area (Å²) in [5, 5.41) is 11.1. The van der Waals surface area contributed by atoms with Gasteiger partial charge in [-0.2, -0.15) is 0 Å². The van der Waals surface area contributed by atoms with Crippen molar-refractivity contribution in [3.63, 3.8) is 0 Å². The number of ether oxygens (including phenoxy) is 1. The summed E-state index contributed by atoms with van der Waals surface area (Å²) in [5.74, 6) is 1.58. The number of methoxy groups -OCH3 is 1. The minimum absolute atomic E-state index is 0. The third-order valence-electron chi connectivity index (χ3n) is 4.44. The van der Waals surface area contributed by atoms with E-state index in [2.05, 4.69) is 24.3 Å². The van der Waals surface area contributed by atoms with Crippen LogP contribution in [0.5, 0.6) is 5.75 Å². The Kier molecular flexibility index (Phi) is 17.8. The van der Waals surface area contributed by atoms with Crippen molar-refractivity contribution in [1.29, 1.82) is 0 Å². The van der Waals surface area contributed by atoms with E-state index in [4.69, 9.17) is 4.74 Å². The van der Waals surface area contributed by atoms with Gasteiger partial charge < -0.3 is 43.9 Å². The largest absolute Gasteiger partial charge is 0.504 e. The normalized spacial score (nSPS) is 12.0. The van der Waals surface area contributed by atoms with E-state index in [0.717, 1.165) is 17.1 Å². The van der Waals surface area contributed by atoms with Crippen molar-refractivity contribution in [3.8, 4) is 5.75 Å². The van der Waals surface area contributed by atoms with E-state index in [9.17, 15) is 5.11 Å². The average Bonchev–Trinajstić information content (AvgIpc) is 3.20. The zero-order valence-electron chi connectivity index (χ0n) is 17.2. The molecule has 4 radical (unpaired) electrons. The molecule has 1 heterocycles. The maximum atomic E-state index is 11.1. The van der Waals surface area contributed by atoms with Gasteiger partial charge in [0.2, 0.25) is 0 Å². The summed E-state index contributed by atoms with van der Waals surface area (Å²) >= 11 is 0. The van der Waals surface area contributed by atoms with Gasteiger partial charge in [0.05, 0.1) is 7.11 Å². The Morgan fingerprint density at radius 1 is 0.774 bits per heavy atom. The maximum Gasteiger partial charge on any atom is 0.163 e. The van der Waals surface area contributed by atoms with Crippen molar-refractivity contribution in [2.24, 2.45) is 0 Å². The first-order valence-electron chi connectivity index (χ1n) is 8.67. The molecule has 4 rings (SSSR count). The molecule has 4 nitrogen and oxygen atoms in total. The molecule has 3 aromatic rings. The van der Waals surface area contributed by atoms with Crippen LogP contribution >= 0.6 is 0 Å². The number of nitrogens with zero attached hydrogens (tertiary/aromatic N) is 2. The van der Waals surface area contributed by atoms with Gasteiger partial charge in [0.25, 0.3) is 0 Å². The zero-order valence-corrected chi connectivity index (χ0v) is 32.1. The fraction of sp³-hybridized carbons (Fsp3) is 0.130. The van der Waals surface area contributed by atoms with E-state index in [1.165, 1.54) is 0 Å². The molecule has 1 N–H and O–H groups in total. The van der Waals surface area contributed by atoms with E-state index < -0.39 is 0 Å². The summed E-state index contributed by atoms with van der Waals surface area (Å²) in [6.07, 6.45) is 0. The number of hydrogen-bond donors (Lipinski definition) is 1. The second kappa shape index (κ2) is 16.7. The predicted octanol–water partition coefficient (Wildman–Crippen LogP) is 4.11. The molecule has 3 aromatic carbocycles. The molecule has 1 aliphatic heterocycles. The Balaban J connectivity index is 0.00000225. The Bertz CT molecular complexity index is 889. The molecule has 0 atom stereocenters. The van der Waals surface area contributed by atoms with Crippen molar-refractivity contribution in [3.05, 3.63) is 96.3 Å². The molecular formula is C23H18N2O2Pr4-4. The van der Waals surface area contributed by atoms with Crippen LogP contribution in [0.25, 0.3) is 5.76 Å². The van der Waals surface area contributed by atoms with Gasteiger partial charge in [0.1, 0.15) is 11.6 Å². The SMILES string of the molecule is COc1ccc(C(O)=C2N(c3[c-]ccc[c-]3)CCN2c2[c-]ccc[c-]2)cc1.[Pr].[Pr].[Pr].[Pr]. The molecule has 8 heteroatoms. The van der Waals surface area contributed by atoms with Crippen LogP contribution < -0.4 is 14.5 Å². The molecule has 0 unspecified atom stereocenters. The summed E-state index contributed by atoms with van der Waals surface area (Å²) in [6.45, 7) is 1.40. The van der Waals surface area contributed by atoms with Crippen molar-refractivity contribution >= 4 is 17.1 Å². The van der Waals surface area contributed by atoms with E-state index in [-0.39, 0.29) is 171 Å². The summed E-state index contributed by atoms with van der Waals surface area (Å²) in [7, 11) is 1.62. The van der Waals surface area contributed by atoms with Gasteiger partial charge in [-0.05, 0) is 24.3 Å². The Hall–Kier alpha value is 2.05. The minimum Gasteiger partial charge on any atom is -0.504 e. The molecule has 0 bridgehead atoms. The first kappa shape index (κ1) is 33.1. The monoisotopic (exact) mass is 918 g/mol. The van der Waals surface area contributed by atoms with Gasteiger partial charge >= 0.3 is 0 Å². The van der Waals surface area contributed by atoms with Gasteiger partial charge in [-0.25, -0.2) is 11.4 Å². The summed E-state index contributed by atoms with van der Waals surface area (Å²) in [6, 6.07) is 31.3. The average molecular weight is 918 g/mol. The fourth-order valence-electron chi connectivity index (χ4n) is 3.13. The van der Waals surface area contributed by atoms with Crippen molar-refractivity contribution in [2.45, 2.75) is 0 Å². The van der Waals surface area contributed by atoms with Gasteiger partial charge in [0.15, 0.2) is 5.76 Å². The fourth-order valence-corrected chi connectivity index (χ4v) is 3.13. The minimum atomic E-state index is 0. The van der Waals surface area contributed by atoms with E-state index in [1.54, 1.807) is 7.11 Å². The van der Waals surface area contributed by atoms with Crippen LogP contribution in [-0.4, -0.2) is 25.3 Å². The first-order valence-corrected chi connectivity index (χ1v) is 8.67. The summed E-state index contributed by atoms with van der Waals surface area (Å²) in [4.78, 5) is 4.02. The van der Waals surface area contributed by atoms with Gasteiger partial charge in [-0.1, -0.05) is 0 Å². The third-order valence-corrected chi connectivity index (χ3v) is 4.44. The third kappa shape index (κ3) is 8.30. The maximum absolute atomic E-state index is 11.1. The quantitative estimate of drug-likeness (QED) is 0.317. The topological polar surface area (TPSA) is 35.9 Å². The molecular weight excluding hydrogens is 900 g/mol. The van der Waals surface area contributed by atoms with E-state index in [0.29, 0.717) is 24.5 Å². The number of para-hydroxylation sites is 2. The number of hydrogen-bond acceptors (Lipinski definition) is 4. The van der Waals surface area contributed by atoms with Gasteiger partial charge in [-0.15, -0.1) is 0 Å². The molecule has 1 saturated heterocycles. The molecule has 1 fully saturated rings. The Morgan fingerprint density at radius 3 is 1.58 bits per heavy atom. The van der Waals surface area contributed by atoms with E-state index in [1.807, 2.05) is 70.5 Å². The van der Waals surface area contributed by atoms with Crippen LogP contribution in [0.15, 0.2) is 66.5 Å². The number of aliphatic hydroxyl groups is 1. The molecule has 0 saturated carbocycles. The van der Waals surface area contributed by atoms with Crippen molar-refractivity contribution in [2.75, 3.05) is 30.0 Å². The number of rotatable bonds is 4. The number of benzene rings is 3. The molecule has 0 spiro atoms. The van der Waals surface area contributed by atoms with Crippen LogP contribution in [0, 0.1) is 189 Å². The van der Waals surface area contributed by atoms with Crippen LogP contribution in [0.4, 0.5) is 11.4 Å². The number of aliphatic hydroxyl groups excluding tert-OH is 1. The van der Waals surface area contributed by atoms with Gasteiger partial charge in [-0.3, -0.25) is 36.4 Å². The molecule has 31 heavy (non-hydrogen) atoms. The molecule has 1 aliphatic rings. The van der Waals surface area contributed by atoms with Gasteiger partial charge in [0, 0.05) is 184 Å². The van der Waals surface area contributed by atoms with Crippen LogP contribution in [0.1, 0.15) is 5.56 Å². The molecule has 0 amide bonds. The zero-order chi connectivity index (χ0) is 18.6. The molecule has 0 aliphatic carbocycles. The predicted molar refractivity (Wildman–Crippen MR) is 105 cm³/mol. The van der Waals surface area contributed by atoms with Crippen molar-refractivity contribution in [1.82, 2.24) is 0 Å². The Morgan fingerprint density at radius 2 is 1.19 bits per heavy atom. The van der Waals surface area contributed by atoms with Crippen LogP contribution in [-0.2, 0) is 0 Å². The Labute approximate surface area is 317 Å². The van der Waals surface area contributed by atoms with Crippen LogP contribution in [0.2, 0.25) is 0 Å². The summed E-state index contributed by atoms with van der Waals surface area (Å²) in [5.41, 5.74) is 2.27. The summed E-state index contributed by atoms with van der Waals surface area (Å²) < 4.78 is 5.22. The van der Waals surface area contributed by atoms with E-state index >= 15 is 0 Å². The molecule has 148 valence electrons. The smallest absolute Gasteiger partial charge is 0.163 e.